The van der Waals surface area contributed by atoms with E-state index >= 15 is 0 Å². The van der Waals surface area contributed by atoms with Gasteiger partial charge >= 0.3 is 0 Å². The van der Waals surface area contributed by atoms with Gasteiger partial charge in [-0.1, -0.05) is 50.5 Å². The zero-order valence-electron chi connectivity index (χ0n) is 22.3. The largest absolute Gasteiger partial charge is 0.493 e. The van der Waals surface area contributed by atoms with Crippen LogP contribution in [0.5, 0.6) is 11.5 Å². The lowest BCUT2D eigenvalue weighted by Crippen LogP contribution is -2.29. The van der Waals surface area contributed by atoms with Gasteiger partial charge in [0.1, 0.15) is 0 Å². The topological polar surface area (TPSA) is 62.8 Å². The fourth-order valence-corrected chi connectivity index (χ4v) is 3.68. The molecule has 2 aromatic rings. The number of nitrogens with zero attached hydrogens (tertiary/aromatic N) is 1. The molecule has 0 aliphatic rings. The Morgan fingerprint density at radius 3 is 2.14 bits per heavy atom. The van der Waals surface area contributed by atoms with Gasteiger partial charge in [0.25, 0.3) is 5.91 Å². The standard InChI is InChI=1S/C28H43N3O3.2ClH/c1-5-7-17-31(18-8-6-2)19-9-16-29-21-24-12-15-26(27(20-24)33-4)34-22-28(32)30-25-13-10-23(3)11-14-25;;/h10-15,20,29H,5-9,16-19,21-22H2,1-4H3,(H,30,32);2*1H. The monoisotopic (exact) mass is 541 g/mol. The first-order valence-corrected chi connectivity index (χ1v) is 12.6. The van der Waals surface area contributed by atoms with E-state index in [2.05, 4.69) is 29.4 Å². The quantitative estimate of drug-likeness (QED) is 0.232. The minimum Gasteiger partial charge on any atom is -0.493 e. The maximum Gasteiger partial charge on any atom is 0.262 e. The van der Waals surface area contributed by atoms with Gasteiger partial charge in [0, 0.05) is 12.2 Å². The third-order valence-electron chi connectivity index (χ3n) is 5.73. The van der Waals surface area contributed by atoms with E-state index in [0.717, 1.165) is 42.9 Å². The summed E-state index contributed by atoms with van der Waals surface area (Å²) in [5.74, 6) is 0.990. The lowest BCUT2D eigenvalue weighted by atomic mass is 10.2. The predicted molar refractivity (Wildman–Crippen MR) is 155 cm³/mol. The molecule has 0 saturated heterocycles. The van der Waals surface area contributed by atoms with Gasteiger partial charge in [-0.3, -0.25) is 4.79 Å². The SMILES string of the molecule is CCCCN(CCCC)CCCNCc1ccc(OCC(=O)Nc2ccc(C)cc2)c(OC)c1.Cl.Cl. The van der Waals surface area contributed by atoms with E-state index in [0.29, 0.717) is 11.5 Å². The summed E-state index contributed by atoms with van der Waals surface area (Å²) in [6, 6.07) is 13.5. The molecule has 204 valence electrons. The van der Waals surface area contributed by atoms with Crippen LogP contribution in [0.15, 0.2) is 42.5 Å². The van der Waals surface area contributed by atoms with Crippen LogP contribution in [0.25, 0.3) is 0 Å². The van der Waals surface area contributed by atoms with Crippen LogP contribution >= 0.6 is 24.8 Å². The van der Waals surface area contributed by atoms with Gasteiger partial charge in [0.15, 0.2) is 18.1 Å². The number of hydrogen-bond donors (Lipinski definition) is 2. The lowest BCUT2D eigenvalue weighted by Gasteiger charge is -2.22. The van der Waals surface area contributed by atoms with Gasteiger partial charge < -0.3 is 25.0 Å². The molecule has 0 aromatic heterocycles. The lowest BCUT2D eigenvalue weighted by molar-refractivity contribution is -0.118. The number of carbonyl (C=O) groups excluding carboxylic acids is 1. The van der Waals surface area contributed by atoms with Crippen molar-refractivity contribution in [2.45, 2.75) is 59.4 Å². The Labute approximate surface area is 230 Å². The molecule has 1 amide bonds. The second kappa shape index (κ2) is 20.1. The summed E-state index contributed by atoms with van der Waals surface area (Å²) in [5.41, 5.74) is 3.03. The van der Waals surface area contributed by atoms with Gasteiger partial charge in [-0.05, 0) is 82.2 Å². The summed E-state index contributed by atoms with van der Waals surface area (Å²) in [6.45, 7) is 11.8. The van der Waals surface area contributed by atoms with Crippen LogP contribution in [0.3, 0.4) is 0 Å². The van der Waals surface area contributed by atoms with Crippen molar-refractivity contribution >= 4 is 36.4 Å². The van der Waals surface area contributed by atoms with Crippen LogP contribution in [-0.2, 0) is 11.3 Å². The number of halogens is 2. The Kier molecular flexibility index (Phi) is 19.0. The van der Waals surface area contributed by atoms with Crippen molar-refractivity contribution in [3.63, 3.8) is 0 Å². The normalized spacial score (nSPS) is 10.4. The number of anilines is 1. The van der Waals surface area contributed by atoms with Gasteiger partial charge in [-0.2, -0.15) is 0 Å². The minimum absolute atomic E-state index is 0. The van der Waals surface area contributed by atoms with Crippen molar-refractivity contribution < 1.29 is 14.3 Å². The molecule has 0 spiro atoms. The smallest absolute Gasteiger partial charge is 0.262 e. The van der Waals surface area contributed by atoms with Gasteiger partial charge in [0.2, 0.25) is 0 Å². The number of aryl methyl sites for hydroxylation is 1. The fourth-order valence-electron chi connectivity index (χ4n) is 3.68. The molecule has 0 unspecified atom stereocenters. The number of rotatable bonds is 17. The zero-order chi connectivity index (χ0) is 24.6. The second-order valence-electron chi connectivity index (χ2n) is 8.77. The summed E-state index contributed by atoms with van der Waals surface area (Å²) in [5, 5.41) is 6.37. The maximum absolute atomic E-state index is 12.2. The molecular formula is C28H45Cl2N3O3. The number of unbranched alkanes of at least 4 members (excludes halogenated alkanes) is 2. The molecule has 0 saturated carbocycles. The van der Waals surface area contributed by atoms with E-state index in [9.17, 15) is 4.79 Å². The first kappa shape index (κ1) is 34.0. The fraction of sp³-hybridized carbons (Fsp3) is 0.536. The van der Waals surface area contributed by atoms with E-state index in [1.54, 1.807) is 7.11 Å². The second-order valence-corrected chi connectivity index (χ2v) is 8.77. The summed E-state index contributed by atoms with van der Waals surface area (Å²) < 4.78 is 11.2. The summed E-state index contributed by atoms with van der Waals surface area (Å²) >= 11 is 0. The first-order chi connectivity index (χ1) is 16.5. The summed E-state index contributed by atoms with van der Waals surface area (Å²) in [7, 11) is 1.62. The summed E-state index contributed by atoms with van der Waals surface area (Å²) in [6.07, 6.45) is 6.19. The van der Waals surface area contributed by atoms with Crippen molar-refractivity contribution in [1.29, 1.82) is 0 Å². The van der Waals surface area contributed by atoms with Crippen LogP contribution in [0.1, 0.15) is 57.1 Å². The predicted octanol–water partition coefficient (Wildman–Crippen LogP) is 6.25. The molecule has 36 heavy (non-hydrogen) atoms. The molecule has 0 heterocycles. The van der Waals surface area contributed by atoms with Crippen LogP contribution in [0.4, 0.5) is 5.69 Å². The average Bonchev–Trinajstić information content (AvgIpc) is 2.85. The zero-order valence-corrected chi connectivity index (χ0v) is 23.9. The third-order valence-corrected chi connectivity index (χ3v) is 5.73. The minimum atomic E-state index is -0.205. The Bertz CT molecular complexity index is 842. The van der Waals surface area contributed by atoms with Crippen molar-refractivity contribution in [2.24, 2.45) is 0 Å². The van der Waals surface area contributed by atoms with Crippen LogP contribution in [-0.4, -0.2) is 50.7 Å². The highest BCUT2D eigenvalue weighted by atomic mass is 35.5. The highest BCUT2D eigenvalue weighted by Crippen LogP contribution is 2.28. The Balaban J connectivity index is 0.00000612. The maximum atomic E-state index is 12.2. The number of amides is 1. The van der Waals surface area contributed by atoms with Gasteiger partial charge in [-0.15, -0.1) is 24.8 Å². The Hall–Kier alpha value is -1.99. The van der Waals surface area contributed by atoms with Crippen molar-refractivity contribution in [3.8, 4) is 11.5 Å². The van der Waals surface area contributed by atoms with E-state index in [1.165, 1.54) is 38.8 Å². The Morgan fingerprint density at radius 1 is 0.889 bits per heavy atom. The Morgan fingerprint density at radius 2 is 1.53 bits per heavy atom. The van der Waals surface area contributed by atoms with Crippen molar-refractivity contribution in [2.75, 3.05) is 45.2 Å². The molecule has 8 heteroatoms. The number of benzene rings is 2. The molecule has 0 atom stereocenters. The molecule has 0 radical (unpaired) electrons. The number of nitrogens with one attached hydrogen (secondary N) is 2. The van der Waals surface area contributed by atoms with Gasteiger partial charge in [-0.25, -0.2) is 0 Å². The van der Waals surface area contributed by atoms with E-state index in [4.69, 9.17) is 9.47 Å². The number of ether oxygens (including phenoxy) is 2. The number of methoxy groups -OCH3 is 1. The molecule has 2 rings (SSSR count). The van der Waals surface area contributed by atoms with E-state index in [-0.39, 0.29) is 37.3 Å². The van der Waals surface area contributed by atoms with E-state index < -0.39 is 0 Å². The highest BCUT2D eigenvalue weighted by molar-refractivity contribution is 5.91. The first-order valence-electron chi connectivity index (χ1n) is 12.6. The molecular weight excluding hydrogens is 497 g/mol. The van der Waals surface area contributed by atoms with Crippen LogP contribution in [0, 0.1) is 6.92 Å². The summed E-state index contributed by atoms with van der Waals surface area (Å²) in [4.78, 5) is 14.8. The van der Waals surface area contributed by atoms with Crippen LogP contribution in [0.2, 0.25) is 0 Å². The third kappa shape index (κ3) is 13.4. The molecule has 0 aliphatic carbocycles. The molecule has 0 aliphatic heterocycles. The van der Waals surface area contributed by atoms with Gasteiger partial charge in [0.05, 0.1) is 7.11 Å². The number of carbonyl (C=O) groups is 1. The van der Waals surface area contributed by atoms with E-state index in [1.807, 2.05) is 49.4 Å². The molecule has 0 bridgehead atoms. The molecule has 2 N–H and O–H groups in total. The van der Waals surface area contributed by atoms with Crippen LogP contribution < -0.4 is 20.1 Å². The average molecular weight is 543 g/mol. The highest BCUT2D eigenvalue weighted by Gasteiger charge is 2.10. The van der Waals surface area contributed by atoms with Crippen molar-refractivity contribution in [3.05, 3.63) is 53.6 Å². The van der Waals surface area contributed by atoms with Crippen molar-refractivity contribution in [1.82, 2.24) is 10.2 Å². The molecule has 0 fully saturated rings. The molecule has 2 aromatic carbocycles. The number of hydrogen-bond acceptors (Lipinski definition) is 5. The molecule has 6 nitrogen and oxygen atoms in total.